The van der Waals surface area contributed by atoms with Gasteiger partial charge in [0.2, 0.25) is 0 Å². The fraction of sp³-hybridized carbons (Fsp3) is 0.500. The quantitative estimate of drug-likeness (QED) is 0.770. The molecule has 0 N–H and O–H groups in total. The van der Waals surface area contributed by atoms with Crippen LogP contribution in [0.5, 0.6) is 0 Å². The average Bonchev–Trinajstić information content (AvgIpc) is 3.05. The fourth-order valence-electron chi connectivity index (χ4n) is 2.24. The van der Waals surface area contributed by atoms with Crippen LogP contribution in [0.4, 0.5) is 4.39 Å². The highest BCUT2D eigenvalue weighted by Crippen LogP contribution is 2.46. The summed E-state index contributed by atoms with van der Waals surface area (Å²) in [5, 5.41) is 4.25. The van der Waals surface area contributed by atoms with Crippen molar-refractivity contribution in [2.45, 2.75) is 32.1 Å². The second kappa shape index (κ2) is 3.42. The third-order valence-corrected chi connectivity index (χ3v) is 3.91. The summed E-state index contributed by atoms with van der Waals surface area (Å²) in [6.45, 7) is 4.27. The highest BCUT2D eigenvalue weighted by Gasteiger charge is 2.40. The Morgan fingerprint density at radius 2 is 2.18 bits per heavy atom. The topological polar surface area (TPSA) is 30.2 Å². The van der Waals surface area contributed by atoms with Gasteiger partial charge in [0.25, 0.3) is 0 Å². The van der Waals surface area contributed by atoms with Crippen molar-refractivity contribution < 1.29 is 4.39 Å². The Kier molecular flexibility index (Phi) is 2.20. The van der Waals surface area contributed by atoms with Crippen LogP contribution in [-0.2, 0) is 5.41 Å². The number of hydrogen-bond acceptors (Lipinski definition) is 2. The standard InChI is InChI=1S/C12H13ClFN3/c1-12(2,7-3-4-7)9-5-10(13)17-11(16-9)8(14)6-15-17/h5-7H,3-4H2,1-2H3. The van der Waals surface area contributed by atoms with Crippen LogP contribution in [0.25, 0.3) is 5.65 Å². The molecule has 0 atom stereocenters. The van der Waals surface area contributed by atoms with Crippen molar-refractivity contribution in [3.8, 4) is 0 Å². The molecule has 0 saturated heterocycles. The van der Waals surface area contributed by atoms with Gasteiger partial charge in [-0.15, -0.1) is 0 Å². The van der Waals surface area contributed by atoms with E-state index in [0.29, 0.717) is 11.1 Å². The molecule has 2 heterocycles. The zero-order valence-electron chi connectivity index (χ0n) is 9.74. The van der Waals surface area contributed by atoms with Crippen molar-refractivity contribution in [1.82, 2.24) is 14.6 Å². The van der Waals surface area contributed by atoms with Gasteiger partial charge in [-0.2, -0.15) is 5.10 Å². The minimum atomic E-state index is -0.430. The van der Waals surface area contributed by atoms with Gasteiger partial charge in [0.15, 0.2) is 11.5 Å². The van der Waals surface area contributed by atoms with Crippen LogP contribution >= 0.6 is 11.6 Å². The van der Waals surface area contributed by atoms with Crippen LogP contribution < -0.4 is 0 Å². The van der Waals surface area contributed by atoms with E-state index in [9.17, 15) is 4.39 Å². The van der Waals surface area contributed by atoms with Crippen LogP contribution in [0.1, 0.15) is 32.4 Å². The van der Waals surface area contributed by atoms with Crippen LogP contribution in [0.15, 0.2) is 12.3 Å². The lowest BCUT2D eigenvalue weighted by Crippen LogP contribution is -2.22. The molecule has 3 rings (SSSR count). The first-order valence-electron chi connectivity index (χ1n) is 5.70. The number of halogens is 2. The fourth-order valence-corrected chi connectivity index (χ4v) is 2.47. The normalized spacial score (nSPS) is 16.7. The van der Waals surface area contributed by atoms with Gasteiger partial charge in [0.1, 0.15) is 5.15 Å². The van der Waals surface area contributed by atoms with Gasteiger partial charge in [-0.25, -0.2) is 13.9 Å². The highest BCUT2D eigenvalue weighted by molar-refractivity contribution is 6.29. The van der Waals surface area contributed by atoms with Gasteiger partial charge in [-0.05, 0) is 24.8 Å². The lowest BCUT2D eigenvalue weighted by molar-refractivity contribution is 0.440. The second-order valence-electron chi connectivity index (χ2n) is 5.19. The van der Waals surface area contributed by atoms with E-state index < -0.39 is 5.82 Å². The molecule has 5 heteroatoms. The lowest BCUT2D eigenvalue weighted by Gasteiger charge is -2.23. The average molecular weight is 254 g/mol. The van der Waals surface area contributed by atoms with Crippen molar-refractivity contribution >= 4 is 17.2 Å². The molecule has 0 aliphatic heterocycles. The maximum Gasteiger partial charge on any atom is 0.193 e. The van der Waals surface area contributed by atoms with Gasteiger partial charge in [-0.3, -0.25) is 0 Å². The SMILES string of the molecule is CC(C)(c1cc(Cl)n2ncc(F)c2n1)C1CC1. The Hall–Kier alpha value is -1.16. The Balaban J connectivity index is 2.20. The molecule has 1 aliphatic rings. The first kappa shape index (κ1) is 11.0. The van der Waals surface area contributed by atoms with Crippen molar-refractivity contribution in [2.24, 2.45) is 5.92 Å². The number of hydrogen-bond donors (Lipinski definition) is 0. The van der Waals surface area contributed by atoms with E-state index >= 15 is 0 Å². The van der Waals surface area contributed by atoms with E-state index in [4.69, 9.17) is 11.6 Å². The molecule has 0 amide bonds. The molecule has 0 radical (unpaired) electrons. The summed E-state index contributed by atoms with van der Waals surface area (Å²) in [6.07, 6.45) is 3.56. The Morgan fingerprint density at radius 3 is 2.82 bits per heavy atom. The first-order chi connectivity index (χ1) is 8.00. The molecule has 0 aromatic carbocycles. The molecule has 2 aromatic heterocycles. The third kappa shape index (κ3) is 1.62. The van der Waals surface area contributed by atoms with E-state index in [1.54, 1.807) is 6.07 Å². The van der Waals surface area contributed by atoms with E-state index in [0.717, 1.165) is 11.9 Å². The van der Waals surface area contributed by atoms with E-state index in [2.05, 4.69) is 23.9 Å². The van der Waals surface area contributed by atoms with Gasteiger partial charge >= 0.3 is 0 Å². The van der Waals surface area contributed by atoms with E-state index in [1.165, 1.54) is 17.4 Å². The molecule has 2 aromatic rings. The molecule has 90 valence electrons. The highest BCUT2D eigenvalue weighted by atomic mass is 35.5. The molecule has 0 spiro atoms. The Labute approximate surface area is 104 Å². The first-order valence-corrected chi connectivity index (χ1v) is 6.08. The summed E-state index contributed by atoms with van der Waals surface area (Å²) >= 11 is 6.10. The molecule has 17 heavy (non-hydrogen) atoms. The molecular weight excluding hydrogens is 241 g/mol. The number of fused-ring (bicyclic) bond motifs is 1. The summed E-state index contributed by atoms with van der Waals surface area (Å²) in [5.74, 6) is 0.194. The van der Waals surface area contributed by atoms with Crippen molar-refractivity contribution in [3.05, 3.63) is 28.9 Å². The molecular formula is C12H13ClFN3. The maximum atomic E-state index is 13.5. The Bertz CT molecular complexity index is 587. The zero-order valence-corrected chi connectivity index (χ0v) is 10.5. The van der Waals surface area contributed by atoms with Crippen molar-refractivity contribution in [1.29, 1.82) is 0 Å². The van der Waals surface area contributed by atoms with Crippen LogP contribution in [0.2, 0.25) is 5.15 Å². The van der Waals surface area contributed by atoms with E-state index in [-0.39, 0.29) is 11.1 Å². The zero-order chi connectivity index (χ0) is 12.2. The number of nitrogens with zero attached hydrogens (tertiary/aromatic N) is 3. The molecule has 0 bridgehead atoms. The van der Waals surface area contributed by atoms with Gasteiger partial charge < -0.3 is 0 Å². The van der Waals surface area contributed by atoms with E-state index in [1.807, 2.05) is 0 Å². The number of aromatic nitrogens is 3. The number of rotatable bonds is 2. The maximum absolute atomic E-state index is 13.5. The summed E-state index contributed by atoms with van der Waals surface area (Å²) in [4.78, 5) is 4.37. The predicted octanol–water partition coefficient (Wildman–Crippen LogP) is 3.21. The molecule has 1 fully saturated rings. The monoisotopic (exact) mass is 253 g/mol. The smallest absolute Gasteiger partial charge is 0.193 e. The van der Waals surface area contributed by atoms with Gasteiger partial charge in [0, 0.05) is 5.41 Å². The largest absolute Gasteiger partial charge is 0.230 e. The predicted molar refractivity (Wildman–Crippen MR) is 63.7 cm³/mol. The summed E-state index contributed by atoms with van der Waals surface area (Å²) in [6, 6.07) is 1.79. The summed E-state index contributed by atoms with van der Waals surface area (Å²) < 4.78 is 14.8. The van der Waals surface area contributed by atoms with Crippen molar-refractivity contribution in [2.75, 3.05) is 0 Å². The van der Waals surface area contributed by atoms with Gasteiger partial charge in [-0.1, -0.05) is 25.4 Å². The second-order valence-corrected chi connectivity index (χ2v) is 5.58. The molecule has 0 unspecified atom stereocenters. The minimum absolute atomic E-state index is 0.0535. The van der Waals surface area contributed by atoms with Crippen LogP contribution in [0, 0.1) is 11.7 Å². The third-order valence-electron chi connectivity index (χ3n) is 3.64. The lowest BCUT2D eigenvalue weighted by atomic mass is 9.83. The molecule has 3 nitrogen and oxygen atoms in total. The summed E-state index contributed by atoms with van der Waals surface area (Å²) in [7, 11) is 0. The molecule has 1 aliphatic carbocycles. The summed E-state index contributed by atoms with van der Waals surface area (Å²) in [5.41, 5.74) is 1.00. The van der Waals surface area contributed by atoms with Crippen molar-refractivity contribution in [3.63, 3.8) is 0 Å². The minimum Gasteiger partial charge on any atom is -0.230 e. The van der Waals surface area contributed by atoms with Gasteiger partial charge in [0.05, 0.1) is 11.9 Å². The van der Waals surface area contributed by atoms with Crippen LogP contribution in [-0.4, -0.2) is 14.6 Å². The van der Waals surface area contributed by atoms with Crippen LogP contribution in [0.3, 0.4) is 0 Å². The Morgan fingerprint density at radius 1 is 1.47 bits per heavy atom. The molecule has 1 saturated carbocycles.